The van der Waals surface area contributed by atoms with Crippen molar-refractivity contribution in [3.63, 3.8) is 0 Å². The van der Waals surface area contributed by atoms with E-state index in [0.29, 0.717) is 17.9 Å². The zero-order chi connectivity index (χ0) is 17.0. The first kappa shape index (κ1) is 18.3. The van der Waals surface area contributed by atoms with Crippen molar-refractivity contribution in [2.24, 2.45) is 5.41 Å². The van der Waals surface area contributed by atoms with Gasteiger partial charge in [0.05, 0.1) is 0 Å². The van der Waals surface area contributed by atoms with E-state index in [1.807, 2.05) is 39.0 Å². The molecule has 0 aliphatic heterocycles. The van der Waals surface area contributed by atoms with Crippen LogP contribution in [0.15, 0.2) is 49.6 Å². The van der Waals surface area contributed by atoms with Crippen molar-refractivity contribution in [3.05, 3.63) is 58.1 Å². The Hall–Kier alpha value is -1.77. The van der Waals surface area contributed by atoms with Gasteiger partial charge in [-0.2, -0.15) is 0 Å². The van der Waals surface area contributed by atoms with E-state index in [4.69, 9.17) is 8.83 Å². The van der Waals surface area contributed by atoms with Gasteiger partial charge in [0.15, 0.2) is 5.76 Å². The molecule has 0 saturated carbocycles. The lowest BCUT2D eigenvalue weighted by molar-refractivity contribution is 0.207. The summed E-state index contributed by atoms with van der Waals surface area (Å²) in [5.41, 5.74) is 0.532. The smallest absolute Gasteiger partial charge is 0.396 e. The molecular formula is C19H28O3. The van der Waals surface area contributed by atoms with Gasteiger partial charge < -0.3 is 8.83 Å². The first-order valence-corrected chi connectivity index (χ1v) is 7.81. The Morgan fingerprint density at radius 2 is 1.73 bits per heavy atom. The number of rotatable bonds is 6. The summed E-state index contributed by atoms with van der Waals surface area (Å²) in [6.45, 7) is 14.5. The molecule has 0 radical (unpaired) electrons. The quantitative estimate of drug-likeness (QED) is 0.680. The fourth-order valence-electron chi connectivity index (χ4n) is 2.51. The third-order valence-electron chi connectivity index (χ3n) is 4.63. The molecule has 3 heteroatoms. The van der Waals surface area contributed by atoms with Gasteiger partial charge in [-0.15, -0.1) is 0 Å². The molecule has 0 fully saturated rings. The van der Waals surface area contributed by atoms with E-state index in [1.54, 1.807) is 0 Å². The maximum atomic E-state index is 11.5. The van der Waals surface area contributed by atoms with E-state index in [2.05, 4.69) is 39.8 Å². The molecule has 0 aromatic carbocycles. The predicted molar refractivity (Wildman–Crippen MR) is 91.1 cm³/mol. The second-order valence-corrected chi connectivity index (χ2v) is 6.46. The summed E-state index contributed by atoms with van der Waals surface area (Å²) in [7, 11) is 0. The standard InChI is InChI=1S/C19H28O3/c1-8-11-13-14(12-9-2)18(4,5)19(6,7)16-15(10-3)21-17(20)22-16/h8-9,11-13H,10H2,1-7H3/b11-8-,12-9-,14-13+. The zero-order valence-corrected chi connectivity index (χ0v) is 14.8. The van der Waals surface area contributed by atoms with E-state index in [-0.39, 0.29) is 5.41 Å². The van der Waals surface area contributed by atoms with Gasteiger partial charge in [-0.05, 0) is 19.4 Å². The highest BCUT2D eigenvalue weighted by Gasteiger charge is 2.44. The minimum Gasteiger partial charge on any atom is -0.396 e. The van der Waals surface area contributed by atoms with Crippen molar-refractivity contribution in [2.75, 3.05) is 0 Å². The highest BCUT2D eigenvalue weighted by atomic mass is 16.6. The normalized spacial score (nSPS) is 14.4. The first-order chi connectivity index (χ1) is 10.2. The fourth-order valence-corrected chi connectivity index (χ4v) is 2.51. The van der Waals surface area contributed by atoms with E-state index in [1.165, 1.54) is 5.57 Å². The van der Waals surface area contributed by atoms with Crippen molar-refractivity contribution < 1.29 is 8.83 Å². The third-order valence-corrected chi connectivity index (χ3v) is 4.63. The third kappa shape index (κ3) is 3.34. The summed E-state index contributed by atoms with van der Waals surface area (Å²) in [5.74, 6) is 0.649. The Morgan fingerprint density at radius 1 is 1.09 bits per heavy atom. The predicted octanol–water partition coefficient (Wildman–Crippen LogP) is 5.18. The Morgan fingerprint density at radius 3 is 2.23 bits per heavy atom. The number of hydrogen-bond acceptors (Lipinski definition) is 3. The van der Waals surface area contributed by atoms with Crippen molar-refractivity contribution in [3.8, 4) is 0 Å². The van der Waals surface area contributed by atoms with Crippen molar-refractivity contribution in [1.82, 2.24) is 0 Å². The monoisotopic (exact) mass is 304 g/mol. The summed E-state index contributed by atoms with van der Waals surface area (Å²) in [4.78, 5) is 11.5. The number of aryl methyl sites for hydroxylation is 1. The molecule has 1 aromatic rings. The van der Waals surface area contributed by atoms with Crippen LogP contribution in [0.3, 0.4) is 0 Å². The highest BCUT2D eigenvalue weighted by molar-refractivity contribution is 5.36. The van der Waals surface area contributed by atoms with Crippen molar-refractivity contribution >= 4 is 0 Å². The van der Waals surface area contributed by atoms with Gasteiger partial charge >= 0.3 is 5.82 Å². The van der Waals surface area contributed by atoms with Crippen LogP contribution in [0.4, 0.5) is 0 Å². The molecule has 0 N–H and O–H groups in total. The zero-order valence-electron chi connectivity index (χ0n) is 14.8. The van der Waals surface area contributed by atoms with E-state index < -0.39 is 11.2 Å². The second kappa shape index (κ2) is 6.99. The van der Waals surface area contributed by atoms with E-state index >= 15 is 0 Å². The van der Waals surface area contributed by atoms with Gasteiger partial charge in [-0.1, -0.05) is 65.0 Å². The number of allylic oxidation sites excluding steroid dienone is 6. The lowest BCUT2D eigenvalue weighted by Crippen LogP contribution is -2.38. The summed E-state index contributed by atoms with van der Waals surface area (Å²) in [5, 5.41) is 0. The molecule has 0 bridgehead atoms. The van der Waals surface area contributed by atoms with Crippen LogP contribution in [0.2, 0.25) is 0 Å². The molecule has 1 rings (SSSR count). The van der Waals surface area contributed by atoms with Crippen LogP contribution in [0, 0.1) is 5.41 Å². The van der Waals surface area contributed by atoms with Crippen LogP contribution in [-0.4, -0.2) is 0 Å². The molecule has 3 nitrogen and oxygen atoms in total. The molecule has 0 atom stereocenters. The van der Waals surface area contributed by atoms with Crippen LogP contribution in [-0.2, 0) is 11.8 Å². The van der Waals surface area contributed by atoms with Gasteiger partial charge in [-0.25, -0.2) is 4.79 Å². The van der Waals surface area contributed by atoms with Crippen LogP contribution < -0.4 is 5.82 Å². The van der Waals surface area contributed by atoms with E-state index in [0.717, 1.165) is 0 Å². The summed E-state index contributed by atoms with van der Waals surface area (Å²) in [6, 6.07) is 0. The highest BCUT2D eigenvalue weighted by Crippen LogP contribution is 2.47. The van der Waals surface area contributed by atoms with Gasteiger partial charge in [0, 0.05) is 17.3 Å². The van der Waals surface area contributed by atoms with Crippen LogP contribution in [0.5, 0.6) is 0 Å². The molecule has 22 heavy (non-hydrogen) atoms. The lowest BCUT2D eigenvalue weighted by Gasteiger charge is -2.41. The minimum atomic E-state index is -0.624. The molecule has 0 unspecified atom stereocenters. The Balaban J connectivity index is 3.47. The van der Waals surface area contributed by atoms with Gasteiger partial charge in [0.2, 0.25) is 0 Å². The molecular weight excluding hydrogens is 276 g/mol. The average molecular weight is 304 g/mol. The summed E-state index contributed by atoms with van der Waals surface area (Å²) in [6.07, 6.45) is 10.9. The van der Waals surface area contributed by atoms with E-state index in [9.17, 15) is 4.79 Å². The SMILES string of the molecule is C\C=C/C=C(\C=C/C)C(C)(C)C(C)(C)c1oc(=O)oc1CC. The molecule has 1 heterocycles. The van der Waals surface area contributed by atoms with Crippen LogP contribution in [0.25, 0.3) is 0 Å². The van der Waals surface area contributed by atoms with Gasteiger partial charge in [-0.3, -0.25) is 0 Å². The van der Waals surface area contributed by atoms with Crippen molar-refractivity contribution in [1.29, 1.82) is 0 Å². The van der Waals surface area contributed by atoms with Gasteiger partial charge in [0.1, 0.15) is 5.76 Å². The summed E-state index contributed by atoms with van der Waals surface area (Å²) >= 11 is 0. The molecule has 0 amide bonds. The number of hydrogen-bond donors (Lipinski definition) is 0. The summed E-state index contributed by atoms with van der Waals surface area (Å²) < 4.78 is 10.6. The van der Waals surface area contributed by atoms with Gasteiger partial charge in [0.25, 0.3) is 0 Å². The lowest BCUT2D eigenvalue weighted by atomic mass is 9.62. The molecule has 0 spiro atoms. The first-order valence-electron chi connectivity index (χ1n) is 7.81. The minimum absolute atomic E-state index is 0.247. The van der Waals surface area contributed by atoms with Crippen LogP contribution >= 0.6 is 0 Å². The molecule has 0 saturated heterocycles. The Bertz CT molecular complexity index is 634. The molecule has 122 valence electrons. The molecule has 0 aliphatic rings. The maximum absolute atomic E-state index is 11.5. The fraction of sp³-hybridized carbons (Fsp3) is 0.526. The maximum Gasteiger partial charge on any atom is 0.519 e. The second-order valence-electron chi connectivity index (χ2n) is 6.46. The topological polar surface area (TPSA) is 43.4 Å². The Labute approximate surface area is 133 Å². The van der Waals surface area contributed by atoms with Crippen LogP contribution in [0.1, 0.15) is 60.0 Å². The largest absolute Gasteiger partial charge is 0.519 e. The average Bonchev–Trinajstić information content (AvgIpc) is 2.84. The Kier molecular flexibility index (Phi) is 5.81. The molecule has 0 aliphatic carbocycles. The van der Waals surface area contributed by atoms with Crippen molar-refractivity contribution in [2.45, 2.75) is 60.3 Å². The molecule has 1 aromatic heterocycles.